The molecule has 0 radical (unpaired) electrons. The van der Waals surface area contributed by atoms with Crippen molar-refractivity contribution in [1.82, 2.24) is 4.90 Å². The summed E-state index contributed by atoms with van der Waals surface area (Å²) >= 11 is 0. The molecule has 1 aliphatic heterocycles. The maximum atomic E-state index is 12.4. The summed E-state index contributed by atoms with van der Waals surface area (Å²) in [5, 5.41) is 6.74. The smallest absolute Gasteiger partial charge is 0.196 e. The van der Waals surface area contributed by atoms with Crippen LogP contribution in [0.3, 0.4) is 0 Å². The third-order valence-electron chi connectivity index (χ3n) is 4.93. The van der Waals surface area contributed by atoms with Gasteiger partial charge in [-0.25, -0.2) is 5.01 Å². The summed E-state index contributed by atoms with van der Waals surface area (Å²) in [5.74, 6) is 0.488. The number of hydrogen-bond donors (Lipinski definition) is 0. The van der Waals surface area contributed by atoms with Crippen molar-refractivity contribution >= 4 is 17.3 Å². The molecule has 0 spiro atoms. The number of ketones is 1. The Bertz CT molecular complexity index is 845. The Morgan fingerprint density at radius 3 is 2.11 bits per heavy atom. The van der Waals surface area contributed by atoms with E-state index in [1.165, 1.54) is 11.1 Å². The van der Waals surface area contributed by atoms with Crippen LogP contribution >= 0.6 is 0 Å². The Balaban J connectivity index is 2.14. The lowest BCUT2D eigenvalue weighted by molar-refractivity contribution is -0.112. The molecule has 142 valence electrons. The van der Waals surface area contributed by atoms with E-state index < -0.39 is 0 Å². The van der Waals surface area contributed by atoms with Gasteiger partial charge < -0.3 is 4.90 Å². The summed E-state index contributed by atoms with van der Waals surface area (Å²) in [6.45, 7) is 12.2. The van der Waals surface area contributed by atoms with Gasteiger partial charge in [0, 0.05) is 12.5 Å². The number of anilines is 1. The van der Waals surface area contributed by atoms with Crippen molar-refractivity contribution in [3.8, 4) is 0 Å². The molecule has 0 saturated carbocycles. The number of aryl methyl sites for hydroxylation is 2. The molecule has 3 rings (SSSR count). The zero-order valence-corrected chi connectivity index (χ0v) is 17.2. The van der Waals surface area contributed by atoms with E-state index in [9.17, 15) is 4.79 Å². The Morgan fingerprint density at radius 1 is 1.04 bits per heavy atom. The van der Waals surface area contributed by atoms with E-state index in [1.54, 1.807) is 6.92 Å². The molecule has 0 saturated heterocycles. The van der Waals surface area contributed by atoms with Crippen molar-refractivity contribution < 1.29 is 4.79 Å². The van der Waals surface area contributed by atoms with Gasteiger partial charge in [0.25, 0.3) is 0 Å². The SMILES string of the molecule is CCc1ccc(C2N(c3ccc(C)cc3)N=C(C(C)=O)N2C(C)(C)C)cc1. The van der Waals surface area contributed by atoms with E-state index in [-0.39, 0.29) is 17.5 Å². The largest absolute Gasteiger partial charge is 0.321 e. The normalized spacial score (nSPS) is 17.3. The molecule has 1 unspecified atom stereocenters. The maximum absolute atomic E-state index is 12.4. The molecule has 0 fully saturated rings. The van der Waals surface area contributed by atoms with Crippen LogP contribution in [0.2, 0.25) is 0 Å². The molecule has 27 heavy (non-hydrogen) atoms. The van der Waals surface area contributed by atoms with Gasteiger partial charge in [0.15, 0.2) is 17.8 Å². The second kappa shape index (κ2) is 7.18. The average Bonchev–Trinajstić information content (AvgIpc) is 3.04. The topological polar surface area (TPSA) is 35.9 Å². The van der Waals surface area contributed by atoms with Crippen LogP contribution in [0.4, 0.5) is 5.69 Å². The van der Waals surface area contributed by atoms with Gasteiger partial charge in [0.05, 0.1) is 5.69 Å². The first kappa shape index (κ1) is 19.2. The highest BCUT2D eigenvalue weighted by molar-refractivity contribution is 6.38. The average molecular weight is 364 g/mol. The van der Waals surface area contributed by atoms with Gasteiger partial charge in [-0.15, -0.1) is 5.10 Å². The van der Waals surface area contributed by atoms with E-state index in [0.29, 0.717) is 5.84 Å². The van der Waals surface area contributed by atoms with E-state index in [4.69, 9.17) is 5.10 Å². The van der Waals surface area contributed by atoms with Crippen LogP contribution in [0, 0.1) is 6.92 Å². The van der Waals surface area contributed by atoms with Crippen LogP contribution in [0.1, 0.15) is 57.5 Å². The highest BCUT2D eigenvalue weighted by Gasteiger charge is 2.43. The number of carbonyl (C=O) groups excluding carboxylic acids is 1. The minimum Gasteiger partial charge on any atom is -0.321 e. The van der Waals surface area contributed by atoms with Gasteiger partial charge in [-0.3, -0.25) is 4.79 Å². The molecule has 1 heterocycles. The second-order valence-corrected chi connectivity index (χ2v) is 8.17. The van der Waals surface area contributed by atoms with E-state index in [2.05, 4.69) is 88.0 Å². The van der Waals surface area contributed by atoms with Crippen molar-refractivity contribution in [2.24, 2.45) is 5.10 Å². The summed E-state index contributed by atoms with van der Waals surface area (Å²) < 4.78 is 0. The summed E-state index contributed by atoms with van der Waals surface area (Å²) in [6, 6.07) is 16.9. The number of carbonyl (C=O) groups is 1. The van der Waals surface area contributed by atoms with E-state index >= 15 is 0 Å². The van der Waals surface area contributed by atoms with Crippen molar-refractivity contribution in [3.63, 3.8) is 0 Å². The fourth-order valence-electron chi connectivity index (χ4n) is 3.47. The first-order chi connectivity index (χ1) is 12.7. The van der Waals surface area contributed by atoms with Crippen LogP contribution in [0.5, 0.6) is 0 Å². The second-order valence-electron chi connectivity index (χ2n) is 8.17. The standard InChI is InChI=1S/C23H29N3O/c1-7-18-10-12-19(13-11-18)22-25(23(4,5)6)21(17(3)27)24-26(22)20-14-8-16(2)9-15-20/h8-15,22H,7H2,1-6H3. The molecule has 0 N–H and O–H groups in total. The number of amidine groups is 1. The van der Waals surface area contributed by atoms with Crippen molar-refractivity contribution in [1.29, 1.82) is 0 Å². The highest BCUT2D eigenvalue weighted by atomic mass is 16.1. The lowest BCUT2D eigenvalue weighted by Crippen LogP contribution is -2.49. The van der Waals surface area contributed by atoms with E-state index in [1.807, 2.05) is 5.01 Å². The van der Waals surface area contributed by atoms with Crippen molar-refractivity contribution in [2.75, 3.05) is 5.01 Å². The monoisotopic (exact) mass is 363 g/mol. The van der Waals surface area contributed by atoms with Crippen LogP contribution in [-0.2, 0) is 11.2 Å². The van der Waals surface area contributed by atoms with Crippen LogP contribution in [0.15, 0.2) is 53.6 Å². The summed E-state index contributed by atoms with van der Waals surface area (Å²) in [7, 11) is 0. The third kappa shape index (κ3) is 3.75. The molecule has 0 aliphatic carbocycles. The molecular formula is C23H29N3O. The molecule has 1 aliphatic rings. The fraction of sp³-hybridized carbons (Fsp3) is 0.391. The maximum Gasteiger partial charge on any atom is 0.196 e. The van der Waals surface area contributed by atoms with Gasteiger partial charge in [-0.2, -0.15) is 0 Å². The quantitative estimate of drug-likeness (QED) is 0.760. The highest BCUT2D eigenvalue weighted by Crippen LogP contribution is 2.40. The number of hydrazone groups is 1. The number of hydrogen-bond acceptors (Lipinski definition) is 4. The third-order valence-corrected chi connectivity index (χ3v) is 4.93. The Morgan fingerprint density at radius 2 is 1.63 bits per heavy atom. The van der Waals surface area contributed by atoms with Crippen LogP contribution in [0.25, 0.3) is 0 Å². The van der Waals surface area contributed by atoms with Crippen LogP contribution < -0.4 is 5.01 Å². The van der Waals surface area contributed by atoms with E-state index in [0.717, 1.165) is 17.7 Å². The lowest BCUT2D eigenvalue weighted by Gasteiger charge is -2.40. The number of Topliss-reactive ketones (excluding diaryl/α,β-unsaturated/α-hetero) is 1. The summed E-state index contributed by atoms with van der Waals surface area (Å²) in [6.07, 6.45) is 0.850. The summed E-state index contributed by atoms with van der Waals surface area (Å²) in [5.41, 5.74) is 4.36. The minimum absolute atomic E-state index is 0.0188. The lowest BCUT2D eigenvalue weighted by atomic mass is 10.00. The fourth-order valence-corrected chi connectivity index (χ4v) is 3.47. The van der Waals surface area contributed by atoms with Gasteiger partial charge in [0.1, 0.15) is 0 Å². The number of nitrogens with zero attached hydrogens (tertiary/aromatic N) is 3. The summed E-state index contributed by atoms with van der Waals surface area (Å²) in [4.78, 5) is 14.5. The van der Waals surface area contributed by atoms with Gasteiger partial charge in [0.2, 0.25) is 0 Å². The predicted octanol–water partition coefficient (Wildman–Crippen LogP) is 5.08. The number of benzene rings is 2. The zero-order chi connectivity index (χ0) is 19.8. The first-order valence-electron chi connectivity index (χ1n) is 9.56. The first-order valence-corrected chi connectivity index (χ1v) is 9.56. The van der Waals surface area contributed by atoms with Crippen molar-refractivity contribution in [3.05, 3.63) is 65.2 Å². The Hall–Kier alpha value is -2.62. The number of rotatable bonds is 4. The van der Waals surface area contributed by atoms with Gasteiger partial charge in [-0.05, 0) is 57.4 Å². The molecule has 4 heteroatoms. The van der Waals surface area contributed by atoms with Crippen molar-refractivity contribution in [2.45, 2.75) is 59.7 Å². The molecule has 2 aromatic carbocycles. The zero-order valence-electron chi connectivity index (χ0n) is 17.2. The Kier molecular flexibility index (Phi) is 5.09. The molecule has 0 amide bonds. The van der Waals surface area contributed by atoms with Crippen LogP contribution in [-0.4, -0.2) is 22.1 Å². The van der Waals surface area contributed by atoms with Gasteiger partial charge in [-0.1, -0.05) is 48.9 Å². The molecule has 4 nitrogen and oxygen atoms in total. The molecule has 0 bridgehead atoms. The molecule has 2 aromatic rings. The van der Waals surface area contributed by atoms with Gasteiger partial charge >= 0.3 is 0 Å². The molecular weight excluding hydrogens is 334 g/mol. The predicted molar refractivity (Wildman–Crippen MR) is 112 cm³/mol. The minimum atomic E-state index is -0.252. The Labute approximate surface area is 162 Å². The molecule has 0 aromatic heterocycles. The molecule has 1 atom stereocenters.